The minimum atomic E-state index is 0.244. The molecule has 0 rings (SSSR count). The van der Waals surface area contributed by atoms with E-state index in [1.807, 2.05) is 13.8 Å². The summed E-state index contributed by atoms with van der Waals surface area (Å²) in [5, 5.41) is 0. The second-order valence-corrected chi connectivity index (χ2v) is 7.27. The zero-order chi connectivity index (χ0) is 22.7. The Morgan fingerprint density at radius 1 is 0.387 bits per heavy atom. The van der Waals surface area contributed by atoms with Crippen LogP contribution in [-0.4, -0.2) is 105 Å². The zero-order valence-electron chi connectivity index (χ0n) is 20.3. The first-order valence-electron chi connectivity index (χ1n) is 11.9. The summed E-state index contributed by atoms with van der Waals surface area (Å²) in [7, 11) is 0. The average molecular weight is 453 g/mol. The molecular formula is C23H48O8. The highest BCUT2D eigenvalue weighted by molar-refractivity contribution is 4.41. The number of ether oxygens (including phenoxy) is 8. The van der Waals surface area contributed by atoms with E-state index in [9.17, 15) is 0 Å². The molecule has 0 saturated heterocycles. The van der Waals surface area contributed by atoms with Gasteiger partial charge < -0.3 is 37.9 Å². The summed E-state index contributed by atoms with van der Waals surface area (Å²) in [5.74, 6) is 0. The quantitative estimate of drug-likeness (QED) is 0.176. The Bertz CT molecular complexity index is 318. The molecule has 0 fully saturated rings. The Morgan fingerprint density at radius 2 is 0.710 bits per heavy atom. The maximum atomic E-state index is 5.51. The predicted molar refractivity (Wildman–Crippen MR) is 121 cm³/mol. The first-order valence-corrected chi connectivity index (χ1v) is 11.9. The fraction of sp³-hybridized carbons (Fsp3) is 1.00. The molecule has 0 spiro atoms. The van der Waals surface area contributed by atoms with Gasteiger partial charge in [0.25, 0.3) is 0 Å². The molecule has 0 aromatic heterocycles. The summed E-state index contributed by atoms with van der Waals surface area (Å²) in [6.07, 6.45) is 5.17. The van der Waals surface area contributed by atoms with Gasteiger partial charge in [0.2, 0.25) is 0 Å². The lowest BCUT2D eigenvalue weighted by molar-refractivity contribution is -0.0256. The third-order valence-corrected chi connectivity index (χ3v) is 4.05. The van der Waals surface area contributed by atoms with E-state index in [4.69, 9.17) is 37.9 Å². The highest BCUT2D eigenvalue weighted by atomic mass is 16.6. The van der Waals surface area contributed by atoms with Crippen molar-refractivity contribution in [1.82, 2.24) is 0 Å². The molecule has 0 bridgehead atoms. The van der Waals surface area contributed by atoms with Gasteiger partial charge in [0.15, 0.2) is 0 Å². The van der Waals surface area contributed by atoms with Gasteiger partial charge in [-0.2, -0.15) is 0 Å². The summed E-state index contributed by atoms with van der Waals surface area (Å²) in [6.45, 7) is 15.2. The normalized spacial score (nSPS) is 11.6. The van der Waals surface area contributed by atoms with Crippen LogP contribution in [0.4, 0.5) is 0 Å². The maximum absolute atomic E-state index is 5.51. The smallest absolute Gasteiger partial charge is 0.0703 e. The van der Waals surface area contributed by atoms with Crippen molar-refractivity contribution in [3.8, 4) is 0 Å². The van der Waals surface area contributed by atoms with E-state index in [0.29, 0.717) is 92.5 Å². The second kappa shape index (κ2) is 27.7. The molecule has 0 radical (unpaired) electrons. The van der Waals surface area contributed by atoms with Crippen molar-refractivity contribution in [2.24, 2.45) is 0 Å². The van der Waals surface area contributed by atoms with Crippen molar-refractivity contribution in [2.45, 2.75) is 52.6 Å². The second-order valence-electron chi connectivity index (χ2n) is 7.27. The lowest BCUT2D eigenvalue weighted by Gasteiger charge is -2.09. The molecule has 0 aromatic carbocycles. The van der Waals surface area contributed by atoms with Gasteiger partial charge in [0.05, 0.1) is 98.6 Å². The molecule has 188 valence electrons. The van der Waals surface area contributed by atoms with Gasteiger partial charge in [-0.1, -0.05) is 26.2 Å². The first kappa shape index (κ1) is 30.7. The summed E-state index contributed by atoms with van der Waals surface area (Å²) in [4.78, 5) is 0. The summed E-state index contributed by atoms with van der Waals surface area (Å²) < 4.78 is 43.5. The SMILES string of the molecule is CCCCCCOCCOCCOCCOCCOCCOCCOCCOC(C)C. The molecule has 31 heavy (non-hydrogen) atoms. The zero-order valence-corrected chi connectivity index (χ0v) is 20.3. The summed E-state index contributed by atoms with van der Waals surface area (Å²) in [5.41, 5.74) is 0. The lowest BCUT2D eigenvalue weighted by atomic mass is 10.2. The third-order valence-electron chi connectivity index (χ3n) is 4.05. The van der Waals surface area contributed by atoms with Crippen LogP contribution in [0.2, 0.25) is 0 Å². The minimum absolute atomic E-state index is 0.244. The number of unbranched alkanes of at least 4 members (excludes halogenated alkanes) is 3. The van der Waals surface area contributed by atoms with Gasteiger partial charge in [-0.25, -0.2) is 0 Å². The summed E-state index contributed by atoms with van der Waals surface area (Å²) >= 11 is 0. The van der Waals surface area contributed by atoms with Gasteiger partial charge in [-0.3, -0.25) is 0 Å². The van der Waals surface area contributed by atoms with Gasteiger partial charge in [0.1, 0.15) is 0 Å². The van der Waals surface area contributed by atoms with Crippen molar-refractivity contribution in [3.63, 3.8) is 0 Å². The summed E-state index contributed by atoms with van der Waals surface area (Å²) in [6, 6.07) is 0. The van der Waals surface area contributed by atoms with E-state index < -0.39 is 0 Å². The monoisotopic (exact) mass is 452 g/mol. The average Bonchev–Trinajstić information content (AvgIpc) is 2.76. The lowest BCUT2D eigenvalue weighted by Crippen LogP contribution is -2.15. The van der Waals surface area contributed by atoms with Crippen molar-refractivity contribution >= 4 is 0 Å². The molecule has 0 aliphatic heterocycles. The van der Waals surface area contributed by atoms with Gasteiger partial charge >= 0.3 is 0 Å². The molecule has 0 aliphatic rings. The highest BCUT2D eigenvalue weighted by Crippen LogP contribution is 1.98. The van der Waals surface area contributed by atoms with E-state index in [2.05, 4.69) is 6.92 Å². The Balaban J connectivity index is 2.99. The number of hydrogen-bond donors (Lipinski definition) is 0. The van der Waals surface area contributed by atoms with Crippen LogP contribution >= 0.6 is 0 Å². The highest BCUT2D eigenvalue weighted by Gasteiger charge is 1.96. The Labute approximate surface area is 190 Å². The number of rotatable bonds is 27. The predicted octanol–water partition coefficient (Wildman–Crippen LogP) is 3.11. The van der Waals surface area contributed by atoms with E-state index in [1.165, 1.54) is 19.3 Å². The van der Waals surface area contributed by atoms with Gasteiger partial charge in [-0.05, 0) is 20.3 Å². The van der Waals surface area contributed by atoms with E-state index in [1.54, 1.807) is 0 Å². The molecule has 0 N–H and O–H groups in total. The van der Waals surface area contributed by atoms with Crippen molar-refractivity contribution in [1.29, 1.82) is 0 Å². The molecule has 0 saturated carbocycles. The van der Waals surface area contributed by atoms with Crippen LogP contribution in [0.3, 0.4) is 0 Å². The molecule has 8 heteroatoms. The van der Waals surface area contributed by atoms with Crippen LogP contribution in [0, 0.1) is 0 Å². The maximum Gasteiger partial charge on any atom is 0.0703 e. The van der Waals surface area contributed by atoms with Crippen LogP contribution < -0.4 is 0 Å². The van der Waals surface area contributed by atoms with Crippen molar-refractivity contribution in [3.05, 3.63) is 0 Å². The van der Waals surface area contributed by atoms with Crippen LogP contribution in [0.15, 0.2) is 0 Å². The standard InChI is InChI=1S/C23H48O8/c1-4-5-6-7-8-24-9-10-25-11-12-26-13-14-27-15-16-28-17-18-29-19-20-30-21-22-31-23(2)3/h23H,4-22H2,1-3H3. The fourth-order valence-corrected chi connectivity index (χ4v) is 2.40. The van der Waals surface area contributed by atoms with E-state index in [0.717, 1.165) is 13.0 Å². The Kier molecular flexibility index (Phi) is 27.4. The topological polar surface area (TPSA) is 73.8 Å². The molecule has 0 heterocycles. The molecule has 0 aliphatic carbocycles. The molecular weight excluding hydrogens is 404 g/mol. The van der Waals surface area contributed by atoms with Crippen molar-refractivity contribution in [2.75, 3.05) is 99.1 Å². The molecule has 0 atom stereocenters. The van der Waals surface area contributed by atoms with Crippen LogP contribution in [-0.2, 0) is 37.9 Å². The molecule has 0 aromatic rings. The Morgan fingerprint density at radius 3 is 1.03 bits per heavy atom. The largest absolute Gasteiger partial charge is 0.379 e. The van der Waals surface area contributed by atoms with Gasteiger partial charge in [0, 0.05) is 6.61 Å². The van der Waals surface area contributed by atoms with Crippen LogP contribution in [0.1, 0.15) is 46.5 Å². The van der Waals surface area contributed by atoms with E-state index >= 15 is 0 Å². The fourth-order valence-electron chi connectivity index (χ4n) is 2.40. The van der Waals surface area contributed by atoms with E-state index in [-0.39, 0.29) is 6.10 Å². The third kappa shape index (κ3) is 29.7. The van der Waals surface area contributed by atoms with Crippen LogP contribution in [0.5, 0.6) is 0 Å². The minimum Gasteiger partial charge on any atom is -0.379 e. The molecule has 0 unspecified atom stereocenters. The first-order chi connectivity index (χ1) is 15.3. The van der Waals surface area contributed by atoms with Crippen molar-refractivity contribution < 1.29 is 37.9 Å². The Hall–Kier alpha value is -0.320. The van der Waals surface area contributed by atoms with Gasteiger partial charge in [-0.15, -0.1) is 0 Å². The van der Waals surface area contributed by atoms with Crippen LogP contribution in [0.25, 0.3) is 0 Å². The molecule has 8 nitrogen and oxygen atoms in total. The number of hydrogen-bond acceptors (Lipinski definition) is 8. The molecule has 0 amide bonds.